The molecule has 0 aliphatic carbocycles. The molecule has 0 spiro atoms. The summed E-state index contributed by atoms with van der Waals surface area (Å²) in [5, 5.41) is 6.08. The Bertz CT molecular complexity index is 1270. The van der Waals surface area contributed by atoms with E-state index in [0.717, 1.165) is 22.5 Å². The molecular weight excluding hydrogens is 393 g/mol. The van der Waals surface area contributed by atoms with Crippen LogP contribution in [0.3, 0.4) is 0 Å². The van der Waals surface area contributed by atoms with Crippen molar-refractivity contribution in [3.05, 3.63) is 89.0 Å². The summed E-state index contributed by atoms with van der Waals surface area (Å²) in [6.07, 6.45) is 1.92. The minimum absolute atomic E-state index is 0.490. The Morgan fingerprint density at radius 2 is 1.57 bits per heavy atom. The molecule has 0 atom stereocenters. The lowest BCUT2D eigenvalue weighted by molar-refractivity contribution is 0.620. The van der Waals surface area contributed by atoms with Crippen LogP contribution < -0.4 is 0 Å². The Morgan fingerprint density at radius 1 is 0.821 bits per heavy atom. The predicted molar refractivity (Wildman–Crippen MR) is 112 cm³/mol. The fourth-order valence-corrected chi connectivity index (χ4v) is 3.37. The summed E-state index contributed by atoms with van der Waals surface area (Å²) in [5.41, 5.74) is 4.81. The molecule has 0 aliphatic rings. The van der Waals surface area contributed by atoms with Crippen molar-refractivity contribution in [3.63, 3.8) is 0 Å². The maximum absolute atomic E-state index is 6.09. The predicted octanol–water partition coefficient (Wildman–Crippen LogP) is 6.65. The second-order valence-electron chi connectivity index (χ2n) is 6.31. The van der Waals surface area contributed by atoms with Gasteiger partial charge in [-0.1, -0.05) is 53.5 Å². The van der Waals surface area contributed by atoms with Gasteiger partial charge in [0.2, 0.25) is 5.89 Å². The first-order valence-electron chi connectivity index (χ1n) is 8.65. The number of aromatic nitrogens is 3. The van der Waals surface area contributed by atoms with E-state index in [4.69, 9.17) is 32.7 Å². The Kier molecular flexibility index (Phi) is 4.15. The summed E-state index contributed by atoms with van der Waals surface area (Å²) < 4.78 is 7.82. The molecule has 0 fully saturated rings. The Hall–Kier alpha value is -3.08. The molecule has 0 unspecified atom stereocenters. The highest BCUT2D eigenvalue weighted by Gasteiger charge is 2.19. The number of hydrogen-bond donors (Lipinski definition) is 0. The number of nitrogens with zero attached hydrogens (tertiary/aromatic N) is 3. The molecule has 0 N–H and O–H groups in total. The highest BCUT2D eigenvalue weighted by molar-refractivity contribution is 6.31. The minimum atomic E-state index is 0.490. The largest absolute Gasteiger partial charge is 0.436 e. The van der Waals surface area contributed by atoms with E-state index in [2.05, 4.69) is 4.98 Å². The van der Waals surface area contributed by atoms with Crippen LogP contribution in [0.5, 0.6) is 0 Å². The van der Waals surface area contributed by atoms with Crippen LogP contribution in [0.4, 0.5) is 0 Å². The van der Waals surface area contributed by atoms with Gasteiger partial charge in [0, 0.05) is 21.8 Å². The lowest BCUT2D eigenvalue weighted by Gasteiger charge is -2.00. The average molecular weight is 406 g/mol. The van der Waals surface area contributed by atoms with Crippen LogP contribution in [0.15, 0.2) is 83.4 Å². The topological polar surface area (TPSA) is 43.9 Å². The monoisotopic (exact) mass is 405 g/mol. The summed E-state index contributed by atoms with van der Waals surface area (Å²) >= 11 is 12.1. The molecule has 2 aromatic heterocycles. The molecule has 6 heteroatoms. The molecule has 0 saturated heterocycles. The quantitative estimate of drug-likeness (QED) is 0.337. The molecule has 3 aromatic carbocycles. The summed E-state index contributed by atoms with van der Waals surface area (Å²) in [6, 6.07) is 22.8. The lowest BCUT2D eigenvalue weighted by Crippen LogP contribution is -1.93. The number of oxazole rings is 1. The maximum atomic E-state index is 6.09. The second-order valence-corrected chi connectivity index (χ2v) is 7.18. The fourth-order valence-electron chi connectivity index (χ4n) is 3.08. The Labute approximate surface area is 171 Å². The normalized spacial score (nSPS) is 11.2. The van der Waals surface area contributed by atoms with Gasteiger partial charge in [-0.2, -0.15) is 5.10 Å². The van der Waals surface area contributed by atoms with Crippen molar-refractivity contribution in [3.8, 4) is 28.4 Å². The van der Waals surface area contributed by atoms with Crippen molar-refractivity contribution in [2.45, 2.75) is 0 Å². The first-order chi connectivity index (χ1) is 13.7. The summed E-state index contributed by atoms with van der Waals surface area (Å²) in [6.45, 7) is 0. The van der Waals surface area contributed by atoms with Gasteiger partial charge in [-0.15, -0.1) is 0 Å². The molecule has 136 valence electrons. The van der Waals surface area contributed by atoms with Crippen LogP contribution in [0.1, 0.15) is 0 Å². The number of halogens is 2. The van der Waals surface area contributed by atoms with E-state index >= 15 is 0 Å². The van der Waals surface area contributed by atoms with E-state index in [-0.39, 0.29) is 0 Å². The van der Waals surface area contributed by atoms with Gasteiger partial charge in [0.15, 0.2) is 5.58 Å². The SMILES string of the molecule is Clc1ccc(-c2nn(-c3ccccc3)cc2-c2nc3cc(Cl)ccc3o2)cc1. The summed E-state index contributed by atoms with van der Waals surface area (Å²) in [5.74, 6) is 0.490. The average Bonchev–Trinajstić information content (AvgIpc) is 3.33. The van der Waals surface area contributed by atoms with Crippen LogP contribution in [-0.2, 0) is 0 Å². The molecule has 5 aromatic rings. The zero-order chi connectivity index (χ0) is 19.1. The number of rotatable bonds is 3. The first kappa shape index (κ1) is 17.0. The van der Waals surface area contributed by atoms with Gasteiger partial charge in [-0.05, 0) is 42.5 Å². The molecule has 0 aliphatic heterocycles. The number of fused-ring (bicyclic) bond motifs is 1. The standard InChI is InChI=1S/C22H13Cl2N3O/c23-15-8-6-14(7-9-15)21-18(13-27(26-21)17-4-2-1-3-5-17)22-25-19-12-16(24)10-11-20(19)28-22/h1-13H. The van der Waals surface area contributed by atoms with E-state index in [9.17, 15) is 0 Å². The van der Waals surface area contributed by atoms with Crippen LogP contribution in [0.25, 0.3) is 39.5 Å². The van der Waals surface area contributed by atoms with Gasteiger partial charge in [-0.25, -0.2) is 9.67 Å². The highest BCUT2D eigenvalue weighted by Crippen LogP contribution is 2.34. The van der Waals surface area contributed by atoms with Crippen LogP contribution in [0, 0.1) is 0 Å². The van der Waals surface area contributed by atoms with Gasteiger partial charge in [0.1, 0.15) is 11.2 Å². The molecule has 0 radical (unpaired) electrons. The highest BCUT2D eigenvalue weighted by atomic mass is 35.5. The van der Waals surface area contributed by atoms with Gasteiger partial charge in [-0.3, -0.25) is 0 Å². The van der Waals surface area contributed by atoms with Crippen molar-refractivity contribution in [1.82, 2.24) is 14.8 Å². The summed E-state index contributed by atoms with van der Waals surface area (Å²) in [7, 11) is 0. The van der Waals surface area contributed by atoms with Gasteiger partial charge in [0.05, 0.1) is 11.3 Å². The Morgan fingerprint density at radius 3 is 2.36 bits per heavy atom. The zero-order valence-electron chi connectivity index (χ0n) is 14.5. The smallest absolute Gasteiger partial charge is 0.231 e. The maximum Gasteiger partial charge on any atom is 0.231 e. The minimum Gasteiger partial charge on any atom is -0.436 e. The molecule has 2 heterocycles. The molecule has 5 rings (SSSR count). The van der Waals surface area contributed by atoms with E-state index in [1.807, 2.05) is 71.5 Å². The van der Waals surface area contributed by atoms with Crippen LogP contribution in [0.2, 0.25) is 10.0 Å². The van der Waals surface area contributed by atoms with Crippen molar-refractivity contribution in [2.24, 2.45) is 0 Å². The molecule has 4 nitrogen and oxygen atoms in total. The lowest BCUT2D eigenvalue weighted by atomic mass is 10.1. The van der Waals surface area contributed by atoms with Gasteiger partial charge in [0.25, 0.3) is 0 Å². The fraction of sp³-hybridized carbons (Fsp3) is 0. The van der Waals surface area contributed by atoms with E-state index in [0.29, 0.717) is 27.0 Å². The van der Waals surface area contributed by atoms with Crippen molar-refractivity contribution in [1.29, 1.82) is 0 Å². The first-order valence-corrected chi connectivity index (χ1v) is 9.40. The van der Waals surface area contributed by atoms with Crippen molar-refractivity contribution < 1.29 is 4.42 Å². The summed E-state index contributed by atoms with van der Waals surface area (Å²) in [4.78, 5) is 4.62. The second kappa shape index (κ2) is 6.82. The van der Waals surface area contributed by atoms with Crippen molar-refractivity contribution in [2.75, 3.05) is 0 Å². The third-order valence-corrected chi connectivity index (χ3v) is 4.92. The molecule has 0 bridgehead atoms. The molecule has 28 heavy (non-hydrogen) atoms. The van der Waals surface area contributed by atoms with Crippen molar-refractivity contribution >= 4 is 34.3 Å². The van der Waals surface area contributed by atoms with Crippen LogP contribution >= 0.6 is 23.2 Å². The van der Waals surface area contributed by atoms with E-state index in [1.165, 1.54) is 0 Å². The van der Waals surface area contributed by atoms with E-state index < -0.39 is 0 Å². The Balaban J connectivity index is 1.72. The van der Waals surface area contributed by atoms with Crippen LogP contribution in [-0.4, -0.2) is 14.8 Å². The third-order valence-electron chi connectivity index (χ3n) is 4.43. The third kappa shape index (κ3) is 3.07. The molecule has 0 amide bonds. The molecular formula is C22H13Cl2N3O. The zero-order valence-corrected chi connectivity index (χ0v) is 16.0. The molecule has 0 saturated carbocycles. The number of para-hydroxylation sites is 1. The number of benzene rings is 3. The van der Waals surface area contributed by atoms with Gasteiger partial charge >= 0.3 is 0 Å². The van der Waals surface area contributed by atoms with Gasteiger partial charge < -0.3 is 4.42 Å². The van der Waals surface area contributed by atoms with E-state index in [1.54, 1.807) is 12.1 Å². The number of hydrogen-bond acceptors (Lipinski definition) is 3.